The molecule has 0 bridgehead atoms. The van der Waals surface area contributed by atoms with Gasteiger partial charge in [0.05, 0.1) is 5.02 Å². The van der Waals surface area contributed by atoms with E-state index in [9.17, 15) is 18.0 Å². The molecule has 0 saturated carbocycles. The number of rotatable bonds is 4. The molecule has 0 saturated heterocycles. The van der Waals surface area contributed by atoms with Gasteiger partial charge in [0, 0.05) is 12.3 Å². The number of halogens is 4. The number of hydrogen-bond donors (Lipinski definition) is 1. The van der Waals surface area contributed by atoms with Crippen molar-refractivity contribution in [2.75, 3.05) is 6.61 Å². The van der Waals surface area contributed by atoms with Crippen LogP contribution in [0.2, 0.25) is 5.02 Å². The van der Waals surface area contributed by atoms with Crippen LogP contribution in [0.1, 0.15) is 10.5 Å². The Morgan fingerprint density at radius 1 is 1.48 bits per heavy atom. The van der Waals surface area contributed by atoms with Gasteiger partial charge < -0.3 is 9.84 Å². The van der Waals surface area contributed by atoms with Crippen molar-refractivity contribution in [2.45, 2.75) is 6.18 Å². The van der Waals surface area contributed by atoms with Crippen LogP contribution in [-0.4, -0.2) is 38.6 Å². The number of ether oxygens (including phenoxy) is 1. The lowest BCUT2D eigenvalue weighted by Crippen LogP contribution is -2.19. The number of aromatic nitrogens is 3. The van der Waals surface area contributed by atoms with E-state index in [1.807, 2.05) is 0 Å². The summed E-state index contributed by atoms with van der Waals surface area (Å²) in [6.45, 7) is -1.58. The normalized spacial score (nSPS) is 11.4. The molecule has 0 aliphatic heterocycles. The summed E-state index contributed by atoms with van der Waals surface area (Å²) >= 11 is 5.86. The van der Waals surface area contributed by atoms with E-state index in [0.717, 1.165) is 10.7 Å². The summed E-state index contributed by atoms with van der Waals surface area (Å²) in [7, 11) is 0. The molecule has 21 heavy (non-hydrogen) atoms. The standard InChI is InChI=1S/C11H7ClF3N3O3/c12-6-2-1-3-16-9(6)18-7(10(19)20)4-8(17-18)21-5-11(13,14)15/h1-4H,5H2,(H,19,20). The molecule has 2 aromatic heterocycles. The fourth-order valence-electron chi connectivity index (χ4n) is 1.43. The second kappa shape index (κ2) is 5.60. The van der Waals surface area contributed by atoms with Crippen LogP contribution in [0.3, 0.4) is 0 Å². The van der Waals surface area contributed by atoms with Crippen molar-refractivity contribution in [3.05, 3.63) is 35.1 Å². The predicted octanol–water partition coefficient (Wildman–Crippen LogP) is 2.56. The van der Waals surface area contributed by atoms with Gasteiger partial charge in [-0.25, -0.2) is 14.5 Å². The molecular weight excluding hydrogens is 315 g/mol. The Hall–Kier alpha value is -2.29. The van der Waals surface area contributed by atoms with Crippen LogP contribution in [0.25, 0.3) is 5.82 Å². The first kappa shape index (κ1) is 15.1. The predicted molar refractivity (Wildman–Crippen MR) is 64.9 cm³/mol. The molecule has 2 heterocycles. The van der Waals surface area contributed by atoms with Gasteiger partial charge >= 0.3 is 12.1 Å². The summed E-state index contributed by atoms with van der Waals surface area (Å²) in [6, 6.07) is 3.81. The smallest absolute Gasteiger partial charge is 0.422 e. The highest BCUT2D eigenvalue weighted by Gasteiger charge is 2.29. The molecule has 2 aromatic rings. The van der Waals surface area contributed by atoms with Crippen LogP contribution in [0.5, 0.6) is 5.88 Å². The van der Waals surface area contributed by atoms with Crippen LogP contribution in [-0.2, 0) is 0 Å². The third-order valence-corrected chi connectivity index (χ3v) is 2.52. The van der Waals surface area contributed by atoms with Crippen molar-refractivity contribution in [2.24, 2.45) is 0 Å². The highest BCUT2D eigenvalue weighted by molar-refractivity contribution is 6.32. The SMILES string of the molecule is O=C(O)c1cc(OCC(F)(F)F)nn1-c1ncccc1Cl. The molecule has 0 radical (unpaired) electrons. The van der Waals surface area contributed by atoms with Gasteiger partial charge in [-0.05, 0) is 12.1 Å². The van der Waals surface area contributed by atoms with Gasteiger partial charge in [0.1, 0.15) is 0 Å². The molecule has 0 amide bonds. The molecule has 2 rings (SSSR count). The summed E-state index contributed by atoms with van der Waals surface area (Å²) in [4.78, 5) is 15.0. The van der Waals surface area contributed by atoms with E-state index in [4.69, 9.17) is 16.7 Å². The summed E-state index contributed by atoms with van der Waals surface area (Å²) in [6.07, 6.45) is -3.22. The van der Waals surface area contributed by atoms with Crippen LogP contribution >= 0.6 is 11.6 Å². The highest BCUT2D eigenvalue weighted by Crippen LogP contribution is 2.23. The van der Waals surface area contributed by atoms with Gasteiger partial charge in [0.25, 0.3) is 0 Å². The van der Waals surface area contributed by atoms with Crippen LogP contribution in [0, 0.1) is 0 Å². The average Bonchev–Trinajstić information content (AvgIpc) is 2.80. The average molecular weight is 322 g/mol. The summed E-state index contributed by atoms with van der Waals surface area (Å²) < 4.78 is 41.5. The number of pyridine rings is 1. The molecular formula is C11H7ClF3N3O3. The number of hydrogen-bond acceptors (Lipinski definition) is 4. The van der Waals surface area contributed by atoms with Gasteiger partial charge in [0.2, 0.25) is 5.88 Å². The number of nitrogens with zero attached hydrogens (tertiary/aromatic N) is 3. The Morgan fingerprint density at radius 3 is 2.76 bits per heavy atom. The second-order valence-corrected chi connectivity index (χ2v) is 4.20. The van der Waals surface area contributed by atoms with E-state index >= 15 is 0 Å². The van der Waals surface area contributed by atoms with Gasteiger partial charge in [-0.15, -0.1) is 5.10 Å². The maximum absolute atomic E-state index is 12.1. The fraction of sp³-hybridized carbons (Fsp3) is 0.182. The number of aromatic carboxylic acids is 1. The molecule has 0 unspecified atom stereocenters. The van der Waals surface area contributed by atoms with Crippen molar-refractivity contribution < 1.29 is 27.8 Å². The molecule has 0 aliphatic rings. The first-order valence-corrected chi connectivity index (χ1v) is 5.79. The lowest BCUT2D eigenvalue weighted by molar-refractivity contribution is -0.154. The maximum atomic E-state index is 12.1. The summed E-state index contributed by atoms with van der Waals surface area (Å²) in [5.41, 5.74) is -0.423. The molecule has 0 aliphatic carbocycles. The molecule has 6 nitrogen and oxygen atoms in total. The fourth-order valence-corrected chi connectivity index (χ4v) is 1.63. The Labute approximate surface area is 120 Å². The summed E-state index contributed by atoms with van der Waals surface area (Å²) in [5.74, 6) is -1.93. The van der Waals surface area contributed by atoms with Gasteiger partial charge in [-0.3, -0.25) is 0 Å². The molecule has 0 aromatic carbocycles. The molecule has 0 atom stereocenters. The minimum absolute atomic E-state index is 0.0292. The maximum Gasteiger partial charge on any atom is 0.422 e. The quantitative estimate of drug-likeness (QED) is 0.936. The Balaban J connectivity index is 2.39. The zero-order valence-corrected chi connectivity index (χ0v) is 10.9. The van der Waals surface area contributed by atoms with Crippen molar-refractivity contribution in [1.29, 1.82) is 0 Å². The van der Waals surface area contributed by atoms with Crippen molar-refractivity contribution in [3.63, 3.8) is 0 Å². The third kappa shape index (κ3) is 3.63. The Morgan fingerprint density at radius 2 is 2.19 bits per heavy atom. The number of carboxylic acid groups (broad SMARTS) is 1. The highest BCUT2D eigenvalue weighted by atomic mass is 35.5. The van der Waals surface area contributed by atoms with Crippen LogP contribution in [0.4, 0.5) is 13.2 Å². The zero-order valence-electron chi connectivity index (χ0n) is 10.1. The molecule has 0 spiro atoms. The monoisotopic (exact) mass is 321 g/mol. The first-order valence-electron chi connectivity index (χ1n) is 5.42. The van der Waals surface area contributed by atoms with E-state index in [-0.39, 0.29) is 10.8 Å². The van der Waals surface area contributed by atoms with Gasteiger partial charge in [-0.2, -0.15) is 13.2 Å². The number of carbonyl (C=O) groups is 1. The van der Waals surface area contributed by atoms with Crippen LogP contribution < -0.4 is 4.74 Å². The van der Waals surface area contributed by atoms with E-state index in [0.29, 0.717) is 0 Å². The van der Waals surface area contributed by atoms with E-state index in [1.165, 1.54) is 18.3 Å². The van der Waals surface area contributed by atoms with Gasteiger partial charge in [0.15, 0.2) is 18.1 Å². The minimum Gasteiger partial charge on any atom is -0.477 e. The number of alkyl halides is 3. The first-order chi connectivity index (χ1) is 9.78. The Kier molecular flexibility index (Phi) is 4.03. The molecule has 112 valence electrons. The second-order valence-electron chi connectivity index (χ2n) is 3.80. The van der Waals surface area contributed by atoms with Gasteiger partial charge in [-0.1, -0.05) is 11.6 Å². The van der Waals surface area contributed by atoms with Crippen LogP contribution in [0.15, 0.2) is 24.4 Å². The lowest BCUT2D eigenvalue weighted by Gasteiger charge is -2.06. The number of carboxylic acids is 1. The molecule has 10 heteroatoms. The minimum atomic E-state index is -4.56. The molecule has 1 N–H and O–H groups in total. The van der Waals surface area contributed by atoms with Crippen molar-refractivity contribution >= 4 is 17.6 Å². The van der Waals surface area contributed by atoms with E-state index in [2.05, 4.69) is 14.8 Å². The Bertz CT molecular complexity index is 672. The zero-order chi connectivity index (χ0) is 15.6. The van der Waals surface area contributed by atoms with Crippen molar-refractivity contribution in [1.82, 2.24) is 14.8 Å². The topological polar surface area (TPSA) is 77.2 Å². The molecule has 0 fully saturated rings. The summed E-state index contributed by atoms with van der Waals surface area (Å²) in [5, 5.41) is 12.8. The van der Waals surface area contributed by atoms with Crippen molar-refractivity contribution in [3.8, 4) is 11.7 Å². The van der Waals surface area contributed by atoms with E-state index in [1.54, 1.807) is 0 Å². The largest absolute Gasteiger partial charge is 0.477 e. The van der Waals surface area contributed by atoms with E-state index < -0.39 is 30.3 Å². The third-order valence-electron chi connectivity index (χ3n) is 2.23. The lowest BCUT2D eigenvalue weighted by atomic mass is 10.4.